The Kier molecular flexibility index (Phi) is 6.28. The maximum absolute atomic E-state index is 12.0. The van der Waals surface area contributed by atoms with E-state index in [1.54, 1.807) is 0 Å². The molecule has 1 heterocycles. The molecule has 0 radical (unpaired) electrons. The molecule has 5 heteroatoms. The highest BCUT2D eigenvalue weighted by atomic mass is 35.5. The zero-order valence-electron chi connectivity index (χ0n) is 11.1. The smallest absolute Gasteiger partial charge is 0.227 e. The van der Waals surface area contributed by atoms with E-state index < -0.39 is 0 Å². The molecule has 1 aromatic rings. The minimum absolute atomic E-state index is 0. The van der Waals surface area contributed by atoms with Crippen LogP contribution in [0.5, 0.6) is 0 Å². The minimum Gasteiger partial charge on any atom is -0.396 e. The molecule has 0 spiro atoms. The van der Waals surface area contributed by atoms with Crippen molar-refractivity contribution in [1.29, 1.82) is 0 Å². The normalized spacial score (nSPS) is 16.1. The van der Waals surface area contributed by atoms with Crippen LogP contribution in [0.4, 0.5) is 5.69 Å². The van der Waals surface area contributed by atoms with Crippen LogP contribution in [-0.4, -0.2) is 30.7 Å². The fourth-order valence-electron chi connectivity index (χ4n) is 2.02. The van der Waals surface area contributed by atoms with Gasteiger partial charge in [0, 0.05) is 18.2 Å². The molecular formula is C14H21ClN2O2. The molecule has 4 nitrogen and oxygen atoms in total. The molecule has 0 aliphatic carbocycles. The van der Waals surface area contributed by atoms with Crippen LogP contribution in [0.3, 0.4) is 0 Å². The molecule has 3 N–H and O–H groups in total. The van der Waals surface area contributed by atoms with Crippen LogP contribution in [0, 0.1) is 11.8 Å². The highest BCUT2D eigenvalue weighted by Gasteiger charge is 2.28. The molecule has 1 unspecified atom stereocenters. The van der Waals surface area contributed by atoms with Gasteiger partial charge in [0.1, 0.15) is 0 Å². The zero-order valence-corrected chi connectivity index (χ0v) is 11.9. The number of amides is 1. The maximum Gasteiger partial charge on any atom is 0.227 e. The maximum atomic E-state index is 12.0. The lowest BCUT2D eigenvalue weighted by Gasteiger charge is -2.31. The average molecular weight is 285 g/mol. The van der Waals surface area contributed by atoms with Crippen molar-refractivity contribution in [3.05, 3.63) is 29.8 Å². The van der Waals surface area contributed by atoms with Crippen molar-refractivity contribution in [2.24, 2.45) is 11.8 Å². The van der Waals surface area contributed by atoms with Gasteiger partial charge in [-0.3, -0.25) is 4.79 Å². The standard InChI is InChI=1S/C14H20N2O2.ClH/c1-10(12-8-15-9-12)14(18)16-13-4-2-11(3-5-13)6-7-17;/h2-5,10,12,15,17H,6-9H2,1H3,(H,16,18);1H. The number of hydrogen-bond donors (Lipinski definition) is 3. The number of hydrogen-bond acceptors (Lipinski definition) is 3. The topological polar surface area (TPSA) is 61.4 Å². The molecule has 1 atom stereocenters. The number of aliphatic hydroxyl groups is 1. The summed E-state index contributed by atoms with van der Waals surface area (Å²) in [7, 11) is 0. The summed E-state index contributed by atoms with van der Waals surface area (Å²) in [5.74, 6) is 0.582. The Morgan fingerprint density at radius 2 is 2.05 bits per heavy atom. The van der Waals surface area contributed by atoms with Crippen molar-refractivity contribution in [2.75, 3.05) is 25.0 Å². The molecule has 1 saturated heterocycles. The van der Waals surface area contributed by atoms with E-state index in [1.807, 2.05) is 31.2 Å². The van der Waals surface area contributed by atoms with Gasteiger partial charge in [-0.05, 0) is 43.1 Å². The summed E-state index contributed by atoms with van der Waals surface area (Å²) in [4.78, 5) is 12.0. The SMILES string of the molecule is CC(C(=O)Nc1ccc(CCO)cc1)C1CNC1.Cl. The van der Waals surface area contributed by atoms with E-state index in [0.29, 0.717) is 12.3 Å². The summed E-state index contributed by atoms with van der Waals surface area (Å²) in [6.07, 6.45) is 0.651. The molecular weight excluding hydrogens is 264 g/mol. The first-order chi connectivity index (χ1) is 8.70. The fourth-order valence-corrected chi connectivity index (χ4v) is 2.02. The second-order valence-electron chi connectivity index (χ2n) is 4.87. The largest absolute Gasteiger partial charge is 0.396 e. The van der Waals surface area contributed by atoms with Gasteiger partial charge in [0.25, 0.3) is 0 Å². The lowest BCUT2D eigenvalue weighted by Crippen LogP contribution is -2.48. The van der Waals surface area contributed by atoms with E-state index in [4.69, 9.17) is 5.11 Å². The van der Waals surface area contributed by atoms with Gasteiger partial charge in [-0.1, -0.05) is 19.1 Å². The fraction of sp³-hybridized carbons (Fsp3) is 0.500. The molecule has 0 aromatic heterocycles. The van der Waals surface area contributed by atoms with Crippen molar-refractivity contribution in [3.8, 4) is 0 Å². The van der Waals surface area contributed by atoms with Crippen LogP contribution in [0.1, 0.15) is 12.5 Å². The van der Waals surface area contributed by atoms with Crippen LogP contribution in [0.25, 0.3) is 0 Å². The van der Waals surface area contributed by atoms with Gasteiger partial charge in [-0.2, -0.15) is 0 Å². The number of aliphatic hydroxyl groups excluding tert-OH is 1. The number of carbonyl (C=O) groups is 1. The van der Waals surface area contributed by atoms with Crippen LogP contribution in [-0.2, 0) is 11.2 Å². The Morgan fingerprint density at radius 3 is 2.53 bits per heavy atom. The number of rotatable bonds is 5. The van der Waals surface area contributed by atoms with Gasteiger partial charge in [0.2, 0.25) is 5.91 Å². The van der Waals surface area contributed by atoms with Crippen molar-refractivity contribution < 1.29 is 9.90 Å². The van der Waals surface area contributed by atoms with E-state index in [9.17, 15) is 4.79 Å². The van der Waals surface area contributed by atoms with Crippen LogP contribution >= 0.6 is 12.4 Å². The summed E-state index contributed by atoms with van der Waals surface area (Å²) >= 11 is 0. The summed E-state index contributed by atoms with van der Waals surface area (Å²) in [6, 6.07) is 7.63. The van der Waals surface area contributed by atoms with Crippen LogP contribution in [0.2, 0.25) is 0 Å². The van der Waals surface area contributed by atoms with Crippen molar-refractivity contribution in [3.63, 3.8) is 0 Å². The van der Waals surface area contributed by atoms with E-state index in [0.717, 1.165) is 24.3 Å². The van der Waals surface area contributed by atoms with E-state index in [2.05, 4.69) is 10.6 Å². The molecule has 1 aliphatic heterocycles. The quantitative estimate of drug-likeness (QED) is 0.767. The number of carbonyl (C=O) groups excluding carboxylic acids is 1. The summed E-state index contributed by atoms with van der Waals surface area (Å²) < 4.78 is 0. The number of nitrogens with one attached hydrogen (secondary N) is 2. The zero-order chi connectivity index (χ0) is 13.0. The summed E-state index contributed by atoms with van der Waals surface area (Å²) in [5.41, 5.74) is 1.90. The third-order valence-corrected chi connectivity index (χ3v) is 3.56. The highest BCUT2D eigenvalue weighted by molar-refractivity contribution is 5.92. The molecule has 0 saturated carbocycles. The second-order valence-corrected chi connectivity index (χ2v) is 4.87. The first-order valence-electron chi connectivity index (χ1n) is 6.42. The van der Waals surface area contributed by atoms with Crippen molar-refractivity contribution in [1.82, 2.24) is 5.32 Å². The molecule has 1 fully saturated rings. The third-order valence-electron chi connectivity index (χ3n) is 3.56. The van der Waals surface area contributed by atoms with Crippen molar-refractivity contribution in [2.45, 2.75) is 13.3 Å². The monoisotopic (exact) mass is 284 g/mol. The molecule has 1 amide bonds. The predicted octanol–water partition coefficient (Wildman–Crippen LogP) is 1.44. The molecule has 106 valence electrons. The predicted molar refractivity (Wildman–Crippen MR) is 78.6 cm³/mol. The van der Waals surface area contributed by atoms with Crippen molar-refractivity contribution >= 4 is 24.0 Å². The Hall–Kier alpha value is -1.10. The highest BCUT2D eigenvalue weighted by Crippen LogP contribution is 2.18. The van der Waals surface area contributed by atoms with Crippen LogP contribution < -0.4 is 10.6 Å². The first-order valence-corrected chi connectivity index (χ1v) is 6.42. The Morgan fingerprint density at radius 1 is 1.42 bits per heavy atom. The molecule has 2 rings (SSSR count). The Balaban J connectivity index is 0.00000180. The Bertz CT molecular complexity index is 404. The van der Waals surface area contributed by atoms with E-state index >= 15 is 0 Å². The Labute approximate surface area is 120 Å². The first kappa shape index (κ1) is 16.0. The lowest BCUT2D eigenvalue weighted by molar-refractivity contribution is -0.121. The van der Waals surface area contributed by atoms with E-state index in [-0.39, 0.29) is 30.8 Å². The van der Waals surface area contributed by atoms with Gasteiger partial charge in [-0.15, -0.1) is 12.4 Å². The lowest BCUT2D eigenvalue weighted by atomic mass is 9.88. The minimum atomic E-state index is 0. The van der Waals surface area contributed by atoms with Crippen LogP contribution in [0.15, 0.2) is 24.3 Å². The van der Waals surface area contributed by atoms with Gasteiger partial charge in [0.05, 0.1) is 0 Å². The average Bonchev–Trinajstić information content (AvgIpc) is 2.29. The number of anilines is 1. The molecule has 0 bridgehead atoms. The van der Waals surface area contributed by atoms with E-state index in [1.165, 1.54) is 0 Å². The number of benzene rings is 1. The van der Waals surface area contributed by atoms with Gasteiger partial charge in [0.15, 0.2) is 0 Å². The molecule has 1 aliphatic rings. The van der Waals surface area contributed by atoms with Gasteiger partial charge in [-0.25, -0.2) is 0 Å². The summed E-state index contributed by atoms with van der Waals surface area (Å²) in [5, 5.41) is 14.9. The molecule has 19 heavy (non-hydrogen) atoms. The number of halogens is 1. The molecule has 1 aromatic carbocycles. The van der Waals surface area contributed by atoms with Gasteiger partial charge >= 0.3 is 0 Å². The second kappa shape index (κ2) is 7.48. The third kappa shape index (κ3) is 4.20. The van der Waals surface area contributed by atoms with Gasteiger partial charge < -0.3 is 15.7 Å². The summed E-state index contributed by atoms with van der Waals surface area (Å²) in [6.45, 7) is 3.99.